The molecule has 1 fully saturated rings. The Balaban J connectivity index is 1.50. The molecule has 0 unspecified atom stereocenters. The van der Waals surface area contributed by atoms with Gasteiger partial charge in [-0.1, -0.05) is 86.8 Å². The Bertz CT molecular complexity index is 703. The highest BCUT2D eigenvalue weighted by atomic mass is 35.5. The maximum absolute atomic E-state index is 13.6. The smallest absolute Gasteiger partial charge is 0.142 e. The van der Waals surface area contributed by atoms with Gasteiger partial charge in [-0.2, -0.15) is 0 Å². The second-order valence-electron chi connectivity index (χ2n) is 8.38. The number of hydrogen-bond acceptors (Lipinski definition) is 0. The first-order chi connectivity index (χ1) is 12.5. The van der Waals surface area contributed by atoms with Gasteiger partial charge in [0.25, 0.3) is 0 Å². The molecule has 1 heterocycles. The lowest BCUT2D eigenvalue weighted by Gasteiger charge is -2.28. The summed E-state index contributed by atoms with van der Waals surface area (Å²) in [5.41, 5.74) is 3.32. The van der Waals surface area contributed by atoms with Gasteiger partial charge in [0.2, 0.25) is 0 Å². The van der Waals surface area contributed by atoms with Gasteiger partial charge in [-0.15, -0.1) is 0 Å². The van der Waals surface area contributed by atoms with Crippen LogP contribution in [0.15, 0.2) is 42.5 Å². The van der Waals surface area contributed by atoms with E-state index in [1.54, 1.807) is 24.2 Å². The van der Waals surface area contributed by atoms with Gasteiger partial charge in [0.15, 0.2) is 0 Å². The summed E-state index contributed by atoms with van der Waals surface area (Å²) < 4.78 is 13.6. The number of rotatable bonds is 6. The summed E-state index contributed by atoms with van der Waals surface area (Å²) in [4.78, 5) is 0. The van der Waals surface area contributed by atoms with E-state index in [0.29, 0.717) is 0 Å². The Morgan fingerprint density at radius 3 is 2.31 bits per heavy atom. The molecule has 26 heavy (non-hydrogen) atoms. The van der Waals surface area contributed by atoms with E-state index < -0.39 is 8.80 Å². The van der Waals surface area contributed by atoms with Crippen LogP contribution in [-0.4, -0.2) is 8.80 Å². The minimum absolute atomic E-state index is 0.177. The highest BCUT2D eigenvalue weighted by Gasteiger charge is 2.22. The minimum atomic E-state index is -0.411. The van der Waals surface area contributed by atoms with Gasteiger partial charge in [0.1, 0.15) is 5.82 Å². The van der Waals surface area contributed by atoms with E-state index in [-0.39, 0.29) is 10.8 Å². The molecule has 0 spiro atoms. The monoisotopic (exact) mass is 388 g/mol. The Morgan fingerprint density at radius 1 is 1.04 bits per heavy atom. The van der Waals surface area contributed by atoms with E-state index in [0.717, 1.165) is 29.4 Å². The number of halogens is 2. The van der Waals surface area contributed by atoms with E-state index in [4.69, 9.17) is 11.6 Å². The highest BCUT2D eigenvalue weighted by Crippen LogP contribution is 2.32. The predicted octanol–water partition coefficient (Wildman–Crippen LogP) is 7.37. The molecule has 0 radical (unpaired) electrons. The lowest BCUT2D eigenvalue weighted by molar-refractivity contribution is 0.436. The summed E-state index contributed by atoms with van der Waals surface area (Å²) in [6, 6.07) is 18.3. The van der Waals surface area contributed by atoms with E-state index in [1.807, 2.05) is 6.07 Å². The molecule has 0 aliphatic carbocycles. The van der Waals surface area contributed by atoms with Crippen molar-refractivity contribution >= 4 is 20.4 Å². The van der Waals surface area contributed by atoms with Gasteiger partial charge in [-0.3, -0.25) is 0 Å². The lowest BCUT2D eigenvalue weighted by atomic mass is 9.93. The Kier molecular flexibility index (Phi) is 6.94. The zero-order chi connectivity index (χ0) is 18.5. The molecule has 0 bridgehead atoms. The minimum Gasteiger partial charge on any atom is -0.205 e. The highest BCUT2D eigenvalue weighted by molar-refractivity contribution is 6.59. The second kappa shape index (κ2) is 9.19. The molecule has 0 N–H and O–H groups in total. The zero-order valence-corrected chi connectivity index (χ0v) is 17.9. The van der Waals surface area contributed by atoms with E-state index in [2.05, 4.69) is 38.1 Å². The van der Waals surface area contributed by atoms with Crippen LogP contribution in [0.3, 0.4) is 0 Å². The standard InChI is InChI=1S/C23H30ClFSi/c1-17(2)16-26-13-11-19(12-14-26)4-3-18-5-7-20(8-6-18)21-9-10-22(24)23(25)15-21/h5-10,15,17,19,26H,3-4,11-14,16H2,1-2H3/t19-,26-. The summed E-state index contributed by atoms with van der Waals surface area (Å²) >= 11 is 5.77. The zero-order valence-electron chi connectivity index (χ0n) is 16.0. The van der Waals surface area contributed by atoms with Crippen molar-refractivity contribution in [3.8, 4) is 11.1 Å². The average Bonchev–Trinajstić information content (AvgIpc) is 2.63. The molecule has 2 aromatic rings. The molecule has 0 atom stereocenters. The molecule has 3 heteroatoms. The maximum atomic E-state index is 13.6. The van der Waals surface area contributed by atoms with E-state index >= 15 is 0 Å². The van der Waals surface area contributed by atoms with Crippen molar-refractivity contribution < 1.29 is 4.39 Å². The molecule has 0 nitrogen and oxygen atoms in total. The first-order valence-corrected chi connectivity index (χ1v) is 12.9. The van der Waals surface area contributed by atoms with Gasteiger partial charge < -0.3 is 0 Å². The number of benzene rings is 2. The van der Waals surface area contributed by atoms with Gasteiger partial charge in [-0.05, 0) is 53.5 Å². The summed E-state index contributed by atoms with van der Waals surface area (Å²) in [6.07, 6.45) is 5.41. The van der Waals surface area contributed by atoms with Crippen molar-refractivity contribution in [2.45, 2.75) is 57.7 Å². The number of hydrogen-bond donors (Lipinski definition) is 0. The van der Waals surface area contributed by atoms with Crippen LogP contribution in [-0.2, 0) is 6.42 Å². The molecule has 0 saturated carbocycles. The van der Waals surface area contributed by atoms with Crippen molar-refractivity contribution in [2.24, 2.45) is 11.8 Å². The quantitative estimate of drug-likeness (QED) is 0.453. The second-order valence-corrected chi connectivity index (χ2v) is 12.1. The van der Waals surface area contributed by atoms with Gasteiger partial charge >= 0.3 is 0 Å². The fourth-order valence-corrected chi connectivity index (χ4v) is 8.43. The first kappa shape index (κ1) is 19.6. The van der Waals surface area contributed by atoms with Gasteiger partial charge in [0.05, 0.1) is 5.02 Å². The summed E-state index contributed by atoms with van der Waals surface area (Å²) in [7, 11) is -0.411. The molecule has 0 amide bonds. The van der Waals surface area contributed by atoms with Gasteiger partial charge in [-0.25, -0.2) is 4.39 Å². The molecular weight excluding hydrogens is 359 g/mol. The molecule has 3 rings (SSSR count). The van der Waals surface area contributed by atoms with Crippen LogP contribution in [0.5, 0.6) is 0 Å². The van der Waals surface area contributed by atoms with Crippen molar-refractivity contribution in [1.82, 2.24) is 0 Å². The van der Waals surface area contributed by atoms with Crippen molar-refractivity contribution in [3.63, 3.8) is 0 Å². The molecule has 140 valence electrons. The Morgan fingerprint density at radius 2 is 1.69 bits per heavy atom. The topological polar surface area (TPSA) is 0 Å². The third-order valence-electron chi connectivity index (χ3n) is 5.82. The molecule has 1 aliphatic heterocycles. The Hall–Kier alpha value is -1.12. The van der Waals surface area contributed by atoms with Crippen LogP contribution < -0.4 is 0 Å². The largest absolute Gasteiger partial charge is 0.205 e. The molecular formula is C23H30ClFSi. The fourth-order valence-electron chi connectivity index (χ4n) is 4.33. The third kappa shape index (κ3) is 5.44. The van der Waals surface area contributed by atoms with E-state index in [9.17, 15) is 4.39 Å². The normalized spacial score (nSPS) is 20.5. The van der Waals surface area contributed by atoms with Crippen LogP contribution in [0, 0.1) is 17.7 Å². The number of aryl methyl sites for hydroxylation is 1. The molecule has 2 aromatic carbocycles. The van der Waals surface area contributed by atoms with Crippen LogP contribution in [0.25, 0.3) is 11.1 Å². The average molecular weight is 389 g/mol. The van der Waals surface area contributed by atoms with Crippen LogP contribution in [0.4, 0.5) is 4.39 Å². The van der Waals surface area contributed by atoms with Crippen LogP contribution in [0.2, 0.25) is 23.2 Å². The predicted molar refractivity (Wildman–Crippen MR) is 114 cm³/mol. The molecule has 0 aromatic heterocycles. The SMILES string of the molecule is CC(C)C[Si@H]1CC[C@H](CCc2ccc(-c3ccc(Cl)c(F)c3)cc2)CC1. The molecule has 1 saturated heterocycles. The third-order valence-corrected chi connectivity index (χ3v) is 10.0. The van der Waals surface area contributed by atoms with Crippen molar-refractivity contribution in [1.29, 1.82) is 0 Å². The summed E-state index contributed by atoms with van der Waals surface area (Å²) in [5, 5.41) is 0.177. The molecule has 1 aliphatic rings. The van der Waals surface area contributed by atoms with E-state index in [1.165, 1.54) is 30.9 Å². The summed E-state index contributed by atoms with van der Waals surface area (Å²) in [6.45, 7) is 4.75. The lowest BCUT2D eigenvalue weighted by Crippen LogP contribution is -2.23. The van der Waals surface area contributed by atoms with Gasteiger partial charge in [0, 0.05) is 8.80 Å². The van der Waals surface area contributed by atoms with Crippen molar-refractivity contribution in [2.75, 3.05) is 0 Å². The fraction of sp³-hybridized carbons (Fsp3) is 0.478. The van der Waals surface area contributed by atoms with Crippen LogP contribution in [0.1, 0.15) is 38.7 Å². The maximum Gasteiger partial charge on any atom is 0.142 e. The summed E-state index contributed by atoms with van der Waals surface area (Å²) in [5.74, 6) is 1.47. The van der Waals surface area contributed by atoms with Crippen molar-refractivity contribution in [3.05, 3.63) is 58.9 Å². The van der Waals surface area contributed by atoms with Crippen LogP contribution >= 0.6 is 11.6 Å². The first-order valence-electron chi connectivity index (χ1n) is 10.1. The Labute approximate surface area is 164 Å².